The third-order valence-electron chi connectivity index (χ3n) is 5.40. The van der Waals surface area contributed by atoms with Crippen molar-refractivity contribution < 1.29 is 39.5 Å². The zero-order chi connectivity index (χ0) is 17.6. The molecule has 2 aromatic rings. The molecule has 3 unspecified atom stereocenters. The SMILES string of the molecule is CN1C(CC(=O)c2ccccc2)CCCC1CC([O-])c1ccccc1.[Na+]. The summed E-state index contributed by atoms with van der Waals surface area (Å²) in [5.74, 6) is 0.194. The average Bonchev–Trinajstić information content (AvgIpc) is 2.66. The molecular formula is C22H26NNaO2. The smallest absolute Gasteiger partial charge is 0.848 e. The van der Waals surface area contributed by atoms with E-state index in [1.165, 1.54) is 0 Å². The molecule has 0 amide bonds. The van der Waals surface area contributed by atoms with Crippen LogP contribution in [-0.2, 0) is 0 Å². The molecular weight excluding hydrogens is 333 g/mol. The molecule has 3 nitrogen and oxygen atoms in total. The van der Waals surface area contributed by atoms with Crippen LogP contribution in [-0.4, -0.2) is 29.8 Å². The van der Waals surface area contributed by atoms with Gasteiger partial charge in [-0.1, -0.05) is 78.8 Å². The number of Topliss-reactive ketones (excluding diaryl/α,β-unsaturated/α-hetero) is 1. The van der Waals surface area contributed by atoms with E-state index >= 15 is 0 Å². The van der Waals surface area contributed by atoms with Crippen LogP contribution in [0.25, 0.3) is 0 Å². The van der Waals surface area contributed by atoms with Gasteiger partial charge in [-0.3, -0.25) is 4.79 Å². The van der Waals surface area contributed by atoms with Gasteiger partial charge in [-0.15, -0.1) is 0 Å². The van der Waals surface area contributed by atoms with E-state index in [2.05, 4.69) is 11.9 Å². The van der Waals surface area contributed by atoms with Gasteiger partial charge in [0.1, 0.15) is 0 Å². The van der Waals surface area contributed by atoms with E-state index in [-0.39, 0.29) is 47.4 Å². The van der Waals surface area contributed by atoms with Crippen LogP contribution in [0.3, 0.4) is 0 Å². The Hall–Kier alpha value is -0.970. The first-order chi connectivity index (χ1) is 12.1. The summed E-state index contributed by atoms with van der Waals surface area (Å²) in [6.07, 6.45) is 3.60. The molecule has 0 radical (unpaired) electrons. The van der Waals surface area contributed by atoms with Crippen molar-refractivity contribution in [2.24, 2.45) is 0 Å². The number of hydrogen-bond acceptors (Lipinski definition) is 3. The Bertz CT molecular complexity index is 677. The molecule has 132 valence electrons. The van der Waals surface area contributed by atoms with Gasteiger partial charge in [0.15, 0.2) is 5.78 Å². The van der Waals surface area contributed by atoms with Crippen LogP contribution in [0.5, 0.6) is 0 Å². The van der Waals surface area contributed by atoms with Gasteiger partial charge in [0.05, 0.1) is 0 Å². The zero-order valence-corrected chi connectivity index (χ0v) is 17.8. The van der Waals surface area contributed by atoms with Gasteiger partial charge in [-0.05, 0) is 26.3 Å². The fourth-order valence-corrected chi connectivity index (χ4v) is 3.83. The predicted molar refractivity (Wildman–Crippen MR) is 98.4 cm³/mol. The number of ketones is 1. The number of hydrogen-bond donors (Lipinski definition) is 0. The molecule has 0 aliphatic carbocycles. The summed E-state index contributed by atoms with van der Waals surface area (Å²) in [6.45, 7) is 0. The summed E-state index contributed by atoms with van der Waals surface area (Å²) >= 11 is 0. The maximum absolute atomic E-state index is 12.6. The van der Waals surface area contributed by atoms with E-state index in [9.17, 15) is 9.90 Å². The van der Waals surface area contributed by atoms with Crippen molar-refractivity contribution in [3.63, 3.8) is 0 Å². The summed E-state index contributed by atoms with van der Waals surface area (Å²) in [5, 5.41) is 12.6. The minimum Gasteiger partial charge on any atom is -0.848 e. The van der Waals surface area contributed by atoms with Crippen LogP contribution < -0.4 is 34.7 Å². The molecule has 1 heterocycles. The molecule has 1 fully saturated rings. The van der Waals surface area contributed by atoms with Crippen LogP contribution in [0.15, 0.2) is 60.7 Å². The second-order valence-corrected chi connectivity index (χ2v) is 7.03. The van der Waals surface area contributed by atoms with E-state index in [4.69, 9.17) is 0 Å². The fraction of sp³-hybridized carbons (Fsp3) is 0.409. The molecule has 26 heavy (non-hydrogen) atoms. The number of piperidine rings is 1. The first-order valence-electron chi connectivity index (χ1n) is 9.16. The summed E-state index contributed by atoms with van der Waals surface area (Å²) < 4.78 is 0. The second-order valence-electron chi connectivity index (χ2n) is 7.03. The van der Waals surface area contributed by atoms with E-state index in [1.807, 2.05) is 60.7 Å². The number of carbonyl (C=O) groups is 1. The molecule has 1 saturated heterocycles. The molecule has 0 saturated carbocycles. The Kier molecular flexibility index (Phi) is 8.52. The van der Waals surface area contributed by atoms with Gasteiger partial charge in [0.2, 0.25) is 0 Å². The van der Waals surface area contributed by atoms with E-state index in [0.717, 1.165) is 30.4 Å². The topological polar surface area (TPSA) is 43.4 Å². The molecule has 3 atom stereocenters. The molecule has 1 aliphatic heterocycles. The van der Waals surface area contributed by atoms with Gasteiger partial charge >= 0.3 is 29.6 Å². The van der Waals surface area contributed by atoms with Gasteiger partial charge in [0, 0.05) is 24.1 Å². The van der Waals surface area contributed by atoms with E-state index in [0.29, 0.717) is 12.8 Å². The predicted octanol–water partition coefficient (Wildman–Crippen LogP) is 0.608. The Morgan fingerprint density at radius 3 is 2.27 bits per heavy atom. The third-order valence-corrected chi connectivity index (χ3v) is 5.40. The summed E-state index contributed by atoms with van der Waals surface area (Å²) in [7, 11) is 2.07. The number of rotatable bonds is 6. The maximum atomic E-state index is 12.6. The van der Waals surface area contributed by atoms with Crippen LogP contribution >= 0.6 is 0 Å². The fourth-order valence-electron chi connectivity index (χ4n) is 3.83. The van der Waals surface area contributed by atoms with Crippen molar-refractivity contribution in [3.8, 4) is 0 Å². The number of benzene rings is 2. The average molecular weight is 359 g/mol. The quantitative estimate of drug-likeness (QED) is 0.561. The summed E-state index contributed by atoms with van der Waals surface area (Å²) in [6, 6.07) is 19.6. The molecule has 1 aliphatic rings. The zero-order valence-electron chi connectivity index (χ0n) is 15.8. The minimum absolute atomic E-state index is 0. The molecule has 3 rings (SSSR count). The van der Waals surface area contributed by atoms with Crippen LogP contribution in [0.4, 0.5) is 0 Å². The maximum Gasteiger partial charge on any atom is 1.00 e. The van der Waals surface area contributed by atoms with Crippen molar-refractivity contribution in [3.05, 3.63) is 71.8 Å². The summed E-state index contributed by atoms with van der Waals surface area (Å²) in [4.78, 5) is 14.8. The molecule has 0 bridgehead atoms. The largest absolute Gasteiger partial charge is 1.00 e. The third kappa shape index (κ3) is 5.51. The van der Waals surface area contributed by atoms with Crippen LogP contribution in [0.2, 0.25) is 0 Å². The van der Waals surface area contributed by atoms with Crippen molar-refractivity contribution >= 4 is 5.78 Å². The molecule has 0 N–H and O–H groups in total. The van der Waals surface area contributed by atoms with Crippen molar-refractivity contribution in [2.45, 2.75) is 50.3 Å². The van der Waals surface area contributed by atoms with E-state index in [1.54, 1.807) is 0 Å². The van der Waals surface area contributed by atoms with Crippen LogP contribution in [0.1, 0.15) is 54.1 Å². The number of nitrogens with zero attached hydrogens (tertiary/aromatic N) is 1. The van der Waals surface area contributed by atoms with Crippen LogP contribution in [0, 0.1) is 0 Å². The Balaban J connectivity index is 0.00000243. The van der Waals surface area contributed by atoms with Gasteiger partial charge in [0.25, 0.3) is 0 Å². The van der Waals surface area contributed by atoms with Gasteiger partial charge in [-0.25, -0.2) is 0 Å². The first kappa shape index (κ1) is 21.3. The molecule has 2 aromatic carbocycles. The number of carbonyl (C=O) groups excluding carboxylic acids is 1. The van der Waals surface area contributed by atoms with Crippen molar-refractivity contribution in [1.29, 1.82) is 0 Å². The molecule has 0 aromatic heterocycles. The summed E-state index contributed by atoms with van der Waals surface area (Å²) in [5.41, 5.74) is 1.64. The minimum atomic E-state index is -0.697. The Morgan fingerprint density at radius 1 is 1.04 bits per heavy atom. The Labute approximate surface area is 178 Å². The molecule has 0 spiro atoms. The van der Waals surface area contributed by atoms with Gasteiger partial charge in [-0.2, -0.15) is 0 Å². The van der Waals surface area contributed by atoms with E-state index < -0.39 is 6.10 Å². The normalized spacial score (nSPS) is 21.6. The monoisotopic (exact) mass is 359 g/mol. The second kappa shape index (κ2) is 10.4. The standard InChI is InChI=1S/C22H26NO2.Na/c1-23-19(15-21(24)17-9-4-2-5-10-17)13-8-14-20(23)16-22(25)18-11-6-3-7-12-18;/h2-7,9-12,19-21H,8,13-16H2,1H3;/q-1;+1. The Morgan fingerprint density at radius 2 is 1.62 bits per heavy atom. The first-order valence-corrected chi connectivity index (χ1v) is 9.16. The molecule has 4 heteroatoms. The van der Waals surface area contributed by atoms with Gasteiger partial charge < -0.3 is 10.0 Å². The number of likely N-dealkylation sites (tertiary alicyclic amines) is 1. The van der Waals surface area contributed by atoms with Crippen molar-refractivity contribution in [1.82, 2.24) is 4.90 Å². The van der Waals surface area contributed by atoms with Crippen molar-refractivity contribution in [2.75, 3.05) is 7.05 Å².